The Bertz CT molecular complexity index is 707. The molecule has 0 aliphatic heterocycles. The average Bonchev–Trinajstić information content (AvgIpc) is 2.49. The Morgan fingerprint density at radius 3 is 2.35 bits per heavy atom. The van der Waals surface area contributed by atoms with E-state index in [0.29, 0.717) is 0 Å². The zero-order valence-electron chi connectivity index (χ0n) is 11.2. The van der Waals surface area contributed by atoms with Gasteiger partial charge in [0.2, 0.25) is 0 Å². The molecular formula is C16H16N4. The van der Waals surface area contributed by atoms with Crippen LogP contribution in [0.5, 0.6) is 0 Å². The fourth-order valence-electron chi connectivity index (χ4n) is 2.16. The Morgan fingerprint density at radius 1 is 0.800 bits per heavy atom. The summed E-state index contributed by atoms with van der Waals surface area (Å²) in [5.41, 5.74) is 9.51. The van der Waals surface area contributed by atoms with Gasteiger partial charge in [0.25, 0.3) is 0 Å². The van der Waals surface area contributed by atoms with Crippen LogP contribution >= 0.6 is 0 Å². The maximum Gasteiger partial charge on any atom is 0.151 e. The van der Waals surface area contributed by atoms with Crippen LogP contribution in [-0.4, -0.2) is 15.2 Å². The molecular weight excluding hydrogens is 248 g/mol. The van der Waals surface area contributed by atoms with Crippen LogP contribution in [0, 0.1) is 0 Å². The van der Waals surface area contributed by atoms with Crippen molar-refractivity contribution >= 4 is 16.7 Å². The van der Waals surface area contributed by atoms with E-state index in [9.17, 15) is 0 Å². The van der Waals surface area contributed by atoms with E-state index in [1.807, 2.05) is 36.4 Å². The molecule has 0 amide bonds. The van der Waals surface area contributed by atoms with E-state index in [2.05, 4.69) is 27.3 Å². The number of benzene rings is 2. The van der Waals surface area contributed by atoms with Gasteiger partial charge < -0.3 is 5.73 Å². The van der Waals surface area contributed by atoms with E-state index in [4.69, 9.17) is 5.73 Å². The molecule has 20 heavy (non-hydrogen) atoms. The normalized spacial score (nSPS) is 10.8. The first kappa shape index (κ1) is 12.5. The van der Waals surface area contributed by atoms with Crippen LogP contribution in [0.25, 0.3) is 11.0 Å². The molecule has 0 radical (unpaired) electrons. The van der Waals surface area contributed by atoms with Gasteiger partial charge in [0.15, 0.2) is 5.82 Å². The monoisotopic (exact) mass is 264 g/mol. The molecule has 2 aromatic carbocycles. The highest BCUT2D eigenvalue weighted by Crippen LogP contribution is 2.11. The van der Waals surface area contributed by atoms with Gasteiger partial charge in [-0.15, -0.1) is 10.2 Å². The van der Waals surface area contributed by atoms with Gasteiger partial charge in [-0.3, -0.25) is 0 Å². The van der Waals surface area contributed by atoms with Gasteiger partial charge in [-0.25, -0.2) is 4.98 Å². The van der Waals surface area contributed by atoms with Crippen molar-refractivity contribution in [3.63, 3.8) is 0 Å². The topological polar surface area (TPSA) is 64.7 Å². The highest BCUT2D eigenvalue weighted by atomic mass is 15.1. The number of aryl methyl sites for hydroxylation is 2. The molecule has 2 N–H and O–H groups in total. The Kier molecular flexibility index (Phi) is 3.54. The predicted octanol–water partition coefficient (Wildman–Crippen LogP) is 2.78. The van der Waals surface area contributed by atoms with E-state index in [1.165, 1.54) is 5.56 Å². The molecule has 0 spiro atoms. The zero-order valence-corrected chi connectivity index (χ0v) is 11.2. The third-order valence-corrected chi connectivity index (χ3v) is 3.25. The fraction of sp³-hybridized carbons (Fsp3) is 0.188. The van der Waals surface area contributed by atoms with Gasteiger partial charge in [-0.05, 0) is 42.7 Å². The van der Waals surface area contributed by atoms with Crippen LogP contribution in [-0.2, 0) is 12.8 Å². The third kappa shape index (κ3) is 2.91. The van der Waals surface area contributed by atoms with E-state index in [0.717, 1.165) is 41.8 Å². The summed E-state index contributed by atoms with van der Waals surface area (Å²) in [6, 6.07) is 15.8. The van der Waals surface area contributed by atoms with Crippen molar-refractivity contribution in [3.05, 3.63) is 59.9 Å². The summed E-state index contributed by atoms with van der Waals surface area (Å²) in [7, 11) is 0. The molecule has 4 heteroatoms. The van der Waals surface area contributed by atoms with Crippen molar-refractivity contribution in [2.45, 2.75) is 19.3 Å². The maximum absolute atomic E-state index is 5.67. The van der Waals surface area contributed by atoms with Crippen LogP contribution < -0.4 is 5.73 Å². The summed E-state index contributed by atoms with van der Waals surface area (Å²) in [5.74, 6) is 0.805. The van der Waals surface area contributed by atoms with Gasteiger partial charge in [0, 0.05) is 12.1 Å². The minimum Gasteiger partial charge on any atom is -0.399 e. The van der Waals surface area contributed by atoms with Crippen molar-refractivity contribution in [1.29, 1.82) is 0 Å². The first-order valence-corrected chi connectivity index (χ1v) is 6.74. The zero-order chi connectivity index (χ0) is 13.8. The summed E-state index contributed by atoms with van der Waals surface area (Å²) in [6.45, 7) is 0. The second kappa shape index (κ2) is 5.65. The SMILES string of the molecule is Nc1ccc(CCCc2nnc3ccccc3n2)cc1. The van der Waals surface area contributed by atoms with E-state index in [1.54, 1.807) is 0 Å². The van der Waals surface area contributed by atoms with Gasteiger partial charge >= 0.3 is 0 Å². The smallest absolute Gasteiger partial charge is 0.151 e. The fourth-order valence-corrected chi connectivity index (χ4v) is 2.16. The molecule has 0 saturated carbocycles. The highest BCUT2D eigenvalue weighted by Gasteiger charge is 2.01. The lowest BCUT2D eigenvalue weighted by atomic mass is 10.1. The summed E-state index contributed by atoms with van der Waals surface area (Å²) >= 11 is 0. The summed E-state index contributed by atoms with van der Waals surface area (Å²) in [5, 5.41) is 8.36. The largest absolute Gasteiger partial charge is 0.399 e. The molecule has 0 atom stereocenters. The van der Waals surface area contributed by atoms with Crippen LogP contribution in [0.15, 0.2) is 48.5 Å². The first-order valence-electron chi connectivity index (χ1n) is 6.74. The number of hydrogen-bond donors (Lipinski definition) is 1. The molecule has 1 aromatic heterocycles. The van der Waals surface area contributed by atoms with Crippen molar-refractivity contribution in [2.75, 3.05) is 5.73 Å². The standard InChI is InChI=1S/C16H16N4/c17-13-10-8-12(9-11-13)4-3-7-16-18-14-5-1-2-6-15(14)19-20-16/h1-2,5-6,8-11H,3-4,7,17H2. The Morgan fingerprint density at radius 2 is 1.55 bits per heavy atom. The molecule has 0 aliphatic carbocycles. The lowest BCUT2D eigenvalue weighted by molar-refractivity contribution is 0.755. The second-order valence-electron chi connectivity index (χ2n) is 4.81. The second-order valence-corrected chi connectivity index (χ2v) is 4.81. The number of aromatic nitrogens is 3. The highest BCUT2D eigenvalue weighted by molar-refractivity contribution is 5.72. The minimum atomic E-state index is 0.802. The van der Waals surface area contributed by atoms with E-state index in [-0.39, 0.29) is 0 Å². The maximum atomic E-state index is 5.67. The molecule has 0 saturated heterocycles. The Labute approximate surface area is 117 Å². The number of nitrogens with zero attached hydrogens (tertiary/aromatic N) is 3. The Balaban J connectivity index is 1.63. The van der Waals surface area contributed by atoms with Gasteiger partial charge in [-0.1, -0.05) is 24.3 Å². The third-order valence-electron chi connectivity index (χ3n) is 3.25. The summed E-state index contributed by atoms with van der Waals surface area (Å²) in [6.07, 6.45) is 2.84. The number of para-hydroxylation sites is 1. The molecule has 100 valence electrons. The summed E-state index contributed by atoms with van der Waals surface area (Å²) in [4.78, 5) is 4.53. The Hall–Kier alpha value is -2.49. The lowest BCUT2D eigenvalue weighted by Gasteiger charge is -2.02. The molecule has 0 fully saturated rings. The van der Waals surface area contributed by atoms with Gasteiger partial charge in [0.05, 0.1) is 5.52 Å². The average molecular weight is 264 g/mol. The molecule has 1 heterocycles. The minimum absolute atomic E-state index is 0.802. The van der Waals surface area contributed by atoms with Crippen LogP contribution in [0.2, 0.25) is 0 Å². The van der Waals surface area contributed by atoms with Crippen molar-refractivity contribution in [2.24, 2.45) is 0 Å². The van der Waals surface area contributed by atoms with E-state index < -0.39 is 0 Å². The van der Waals surface area contributed by atoms with E-state index >= 15 is 0 Å². The lowest BCUT2D eigenvalue weighted by Crippen LogP contribution is -1.99. The van der Waals surface area contributed by atoms with Gasteiger partial charge in [-0.2, -0.15) is 0 Å². The van der Waals surface area contributed by atoms with Crippen molar-refractivity contribution in [1.82, 2.24) is 15.2 Å². The molecule has 0 aliphatic rings. The van der Waals surface area contributed by atoms with Crippen LogP contribution in [0.1, 0.15) is 17.8 Å². The number of nitrogen functional groups attached to an aromatic ring is 1. The van der Waals surface area contributed by atoms with Crippen LogP contribution in [0.4, 0.5) is 5.69 Å². The molecule has 3 aromatic rings. The first-order chi connectivity index (χ1) is 9.81. The van der Waals surface area contributed by atoms with Crippen LogP contribution in [0.3, 0.4) is 0 Å². The number of anilines is 1. The van der Waals surface area contributed by atoms with Crippen molar-refractivity contribution in [3.8, 4) is 0 Å². The number of fused-ring (bicyclic) bond motifs is 1. The predicted molar refractivity (Wildman–Crippen MR) is 80.2 cm³/mol. The summed E-state index contributed by atoms with van der Waals surface area (Å²) < 4.78 is 0. The van der Waals surface area contributed by atoms with Gasteiger partial charge in [0.1, 0.15) is 5.52 Å². The molecule has 3 rings (SSSR count). The molecule has 4 nitrogen and oxygen atoms in total. The quantitative estimate of drug-likeness (QED) is 0.736. The van der Waals surface area contributed by atoms with Crippen molar-refractivity contribution < 1.29 is 0 Å². The molecule has 0 bridgehead atoms. The number of hydrogen-bond acceptors (Lipinski definition) is 4. The number of nitrogens with two attached hydrogens (primary N) is 1. The molecule has 0 unspecified atom stereocenters. The number of rotatable bonds is 4.